The molecule has 0 aromatic carbocycles. The second kappa shape index (κ2) is 5.54. The third-order valence-electron chi connectivity index (χ3n) is 2.13. The van der Waals surface area contributed by atoms with Gasteiger partial charge in [-0.3, -0.25) is 4.79 Å². The Morgan fingerprint density at radius 3 is 1.89 bits per heavy atom. The van der Waals surface area contributed by atoms with E-state index in [0.717, 1.165) is 6.26 Å². The zero-order chi connectivity index (χ0) is 14.8. The van der Waals surface area contributed by atoms with Gasteiger partial charge in [0.25, 0.3) is 0 Å². The number of hydrogen-bond acceptors (Lipinski definition) is 5. The van der Waals surface area contributed by atoms with Crippen LogP contribution in [0.5, 0.6) is 0 Å². The molecule has 0 heterocycles. The number of rotatable bonds is 6. The van der Waals surface area contributed by atoms with E-state index in [4.69, 9.17) is 5.11 Å². The van der Waals surface area contributed by atoms with Crippen LogP contribution in [0.25, 0.3) is 0 Å². The molecule has 0 aliphatic rings. The lowest BCUT2D eigenvalue weighted by Gasteiger charge is -2.27. The molecule has 0 rings (SSSR count). The van der Waals surface area contributed by atoms with Crippen molar-refractivity contribution in [2.24, 2.45) is 5.41 Å². The van der Waals surface area contributed by atoms with Crippen LogP contribution in [0.1, 0.15) is 20.8 Å². The molecule has 2 N–H and O–H groups in total. The van der Waals surface area contributed by atoms with Gasteiger partial charge in [-0.25, -0.2) is 21.6 Å². The number of sulfonamides is 1. The van der Waals surface area contributed by atoms with E-state index in [1.165, 1.54) is 0 Å². The average molecular weight is 301 g/mol. The molecule has 0 aromatic rings. The van der Waals surface area contributed by atoms with Crippen molar-refractivity contribution in [3.63, 3.8) is 0 Å². The molecule has 0 fully saturated rings. The summed E-state index contributed by atoms with van der Waals surface area (Å²) in [6, 6.07) is -1.30. The predicted octanol–water partition coefficient (Wildman–Crippen LogP) is -0.550. The summed E-state index contributed by atoms with van der Waals surface area (Å²) in [6.07, 6.45) is 0.918. The maximum Gasteiger partial charge on any atom is 0.322 e. The van der Waals surface area contributed by atoms with Crippen LogP contribution in [0.15, 0.2) is 0 Å². The highest BCUT2D eigenvalue weighted by Gasteiger charge is 2.34. The molecule has 0 bridgehead atoms. The first-order chi connectivity index (χ1) is 7.75. The largest absolute Gasteiger partial charge is 0.480 e. The zero-order valence-corrected chi connectivity index (χ0v) is 12.4. The molecule has 0 amide bonds. The molecule has 1 atom stereocenters. The summed E-state index contributed by atoms with van der Waals surface area (Å²) < 4.78 is 47.0. The van der Waals surface area contributed by atoms with Crippen molar-refractivity contribution in [1.29, 1.82) is 0 Å². The number of carboxylic acid groups (broad SMARTS) is 1. The Morgan fingerprint density at radius 1 is 1.17 bits per heavy atom. The van der Waals surface area contributed by atoms with Gasteiger partial charge >= 0.3 is 5.97 Å². The highest BCUT2D eigenvalue weighted by atomic mass is 32.2. The van der Waals surface area contributed by atoms with Crippen molar-refractivity contribution < 1.29 is 26.7 Å². The van der Waals surface area contributed by atoms with Crippen molar-refractivity contribution in [2.45, 2.75) is 26.8 Å². The van der Waals surface area contributed by atoms with Gasteiger partial charge in [-0.05, 0) is 5.41 Å². The number of nitrogens with one attached hydrogen (secondary N) is 1. The van der Waals surface area contributed by atoms with E-state index in [9.17, 15) is 21.6 Å². The summed E-state index contributed by atoms with van der Waals surface area (Å²) in [5.74, 6) is -2.49. The van der Waals surface area contributed by atoms with E-state index < -0.39 is 48.8 Å². The molecule has 0 saturated carbocycles. The molecular formula is C9H19NO6S2. The summed E-state index contributed by atoms with van der Waals surface area (Å²) in [7, 11) is -7.37. The van der Waals surface area contributed by atoms with Gasteiger partial charge in [-0.1, -0.05) is 20.8 Å². The molecule has 0 aliphatic carbocycles. The molecule has 1 unspecified atom stereocenters. The van der Waals surface area contributed by atoms with Gasteiger partial charge in [0.05, 0.1) is 11.5 Å². The van der Waals surface area contributed by atoms with E-state index in [1.807, 2.05) is 4.72 Å². The Kier molecular flexibility index (Phi) is 5.33. The van der Waals surface area contributed by atoms with Crippen LogP contribution < -0.4 is 4.72 Å². The maximum absolute atomic E-state index is 11.6. The van der Waals surface area contributed by atoms with Crippen molar-refractivity contribution >= 4 is 25.8 Å². The third kappa shape index (κ3) is 6.92. The summed E-state index contributed by atoms with van der Waals surface area (Å²) in [5, 5.41) is 8.96. The van der Waals surface area contributed by atoms with Crippen LogP contribution in [-0.4, -0.2) is 51.7 Å². The van der Waals surface area contributed by atoms with E-state index in [-0.39, 0.29) is 0 Å². The predicted molar refractivity (Wildman–Crippen MR) is 67.5 cm³/mol. The molecule has 9 heteroatoms. The lowest BCUT2D eigenvalue weighted by atomic mass is 9.88. The summed E-state index contributed by atoms with van der Waals surface area (Å²) in [4.78, 5) is 11.0. The first-order valence-electron chi connectivity index (χ1n) is 5.15. The third-order valence-corrected chi connectivity index (χ3v) is 4.67. The summed E-state index contributed by atoms with van der Waals surface area (Å²) in [5.41, 5.74) is -0.815. The number of aliphatic carboxylic acids is 1. The Morgan fingerprint density at radius 2 is 1.61 bits per heavy atom. The van der Waals surface area contributed by atoms with Gasteiger partial charge in [0.15, 0.2) is 0 Å². The first kappa shape index (κ1) is 17.3. The molecule has 0 spiro atoms. The van der Waals surface area contributed by atoms with Crippen molar-refractivity contribution in [3.05, 3.63) is 0 Å². The SMILES string of the molecule is CC(C)(C)C(NS(=O)(=O)CCS(C)(=O)=O)C(=O)O. The van der Waals surface area contributed by atoms with E-state index in [0.29, 0.717) is 0 Å². The fraction of sp³-hybridized carbons (Fsp3) is 0.889. The number of carbonyl (C=O) groups is 1. The first-order valence-corrected chi connectivity index (χ1v) is 8.86. The van der Waals surface area contributed by atoms with Crippen LogP contribution in [-0.2, 0) is 24.7 Å². The second-order valence-electron chi connectivity index (χ2n) is 5.20. The molecule has 0 radical (unpaired) electrons. The minimum Gasteiger partial charge on any atom is -0.480 e. The van der Waals surface area contributed by atoms with Gasteiger partial charge in [0, 0.05) is 6.26 Å². The fourth-order valence-corrected chi connectivity index (χ4v) is 4.12. The summed E-state index contributed by atoms with van der Waals surface area (Å²) in [6.45, 7) is 4.72. The quantitative estimate of drug-likeness (QED) is 0.679. The molecule has 7 nitrogen and oxygen atoms in total. The monoisotopic (exact) mass is 301 g/mol. The van der Waals surface area contributed by atoms with E-state index in [1.54, 1.807) is 20.8 Å². The van der Waals surface area contributed by atoms with Crippen LogP contribution in [0.3, 0.4) is 0 Å². The minimum absolute atomic E-state index is 0.543. The minimum atomic E-state index is -3.95. The van der Waals surface area contributed by atoms with Gasteiger partial charge in [0.2, 0.25) is 10.0 Å². The zero-order valence-electron chi connectivity index (χ0n) is 10.8. The Balaban J connectivity index is 4.90. The van der Waals surface area contributed by atoms with Crippen LogP contribution in [0.2, 0.25) is 0 Å². The molecule has 0 aliphatic heterocycles. The van der Waals surface area contributed by atoms with Crippen LogP contribution in [0.4, 0.5) is 0 Å². The highest BCUT2D eigenvalue weighted by molar-refractivity contribution is 7.93. The molecule has 0 aromatic heterocycles. The molecule has 108 valence electrons. The van der Waals surface area contributed by atoms with Gasteiger partial charge < -0.3 is 5.11 Å². The second-order valence-corrected chi connectivity index (χ2v) is 9.34. The van der Waals surface area contributed by atoms with Crippen molar-refractivity contribution in [2.75, 3.05) is 17.8 Å². The van der Waals surface area contributed by atoms with Crippen LogP contribution >= 0.6 is 0 Å². The molecule has 18 heavy (non-hydrogen) atoms. The number of hydrogen-bond donors (Lipinski definition) is 2. The Labute approximate surface area is 108 Å². The number of sulfone groups is 1. The average Bonchev–Trinajstić information content (AvgIpc) is 2.08. The summed E-state index contributed by atoms with van der Waals surface area (Å²) >= 11 is 0. The highest BCUT2D eigenvalue weighted by Crippen LogP contribution is 2.20. The lowest BCUT2D eigenvalue weighted by Crippen LogP contribution is -2.50. The van der Waals surface area contributed by atoms with Crippen LogP contribution in [0, 0.1) is 5.41 Å². The smallest absolute Gasteiger partial charge is 0.322 e. The topological polar surface area (TPSA) is 118 Å². The van der Waals surface area contributed by atoms with Gasteiger partial charge in [-0.2, -0.15) is 0 Å². The maximum atomic E-state index is 11.6. The van der Waals surface area contributed by atoms with Gasteiger partial charge in [-0.15, -0.1) is 0 Å². The normalized spacial score (nSPS) is 15.3. The molecular weight excluding hydrogens is 282 g/mol. The number of carboxylic acids is 1. The van der Waals surface area contributed by atoms with E-state index in [2.05, 4.69) is 0 Å². The standard InChI is InChI=1S/C9H19NO6S2/c1-9(2,3)7(8(11)12)10-18(15,16)6-5-17(4,13)14/h7,10H,5-6H2,1-4H3,(H,11,12). The van der Waals surface area contributed by atoms with Gasteiger partial charge in [0.1, 0.15) is 15.9 Å². The fourth-order valence-electron chi connectivity index (χ4n) is 1.10. The van der Waals surface area contributed by atoms with E-state index >= 15 is 0 Å². The Bertz CT molecular complexity index is 500. The lowest BCUT2D eigenvalue weighted by molar-refractivity contribution is -0.141. The van der Waals surface area contributed by atoms with Crippen molar-refractivity contribution in [3.8, 4) is 0 Å². The Hall–Kier alpha value is -0.670. The van der Waals surface area contributed by atoms with Crippen molar-refractivity contribution in [1.82, 2.24) is 4.72 Å². The molecule has 0 saturated heterocycles.